The molecule has 1 aromatic heterocycles. The van der Waals surface area contributed by atoms with Crippen molar-refractivity contribution in [1.29, 1.82) is 0 Å². The molecule has 6 nitrogen and oxygen atoms in total. The third kappa shape index (κ3) is 5.32. The molecule has 0 aromatic carbocycles. The smallest absolute Gasteiger partial charge is 0.404 e. The van der Waals surface area contributed by atoms with E-state index in [1.807, 2.05) is 6.08 Å². The van der Waals surface area contributed by atoms with Gasteiger partial charge in [0.1, 0.15) is 10.7 Å². The second-order valence-electron chi connectivity index (χ2n) is 4.60. The highest BCUT2D eigenvalue weighted by Gasteiger charge is 2.26. The van der Waals surface area contributed by atoms with Gasteiger partial charge >= 0.3 is 5.88 Å². The first-order chi connectivity index (χ1) is 9.22. The maximum atomic E-state index is 10.7. The molecule has 120 valence electrons. The number of rotatable bonds is 6. The minimum absolute atomic E-state index is 0. The molecule has 0 amide bonds. The van der Waals surface area contributed by atoms with Crippen molar-refractivity contribution in [3.05, 3.63) is 40.7 Å². The van der Waals surface area contributed by atoms with E-state index in [1.54, 1.807) is 6.07 Å². The lowest BCUT2D eigenvalue weighted by atomic mass is 10.1. The predicted octanol–water partition coefficient (Wildman–Crippen LogP) is 2.94. The molecule has 1 fully saturated rings. The van der Waals surface area contributed by atoms with Crippen molar-refractivity contribution >= 4 is 30.7 Å². The fraction of sp³-hybridized carbons (Fsp3) is 0.538. The largest absolute Gasteiger partial charge is 0.433 e. The zero-order chi connectivity index (χ0) is 13.7. The monoisotopic (exact) mass is 337 g/mol. The summed E-state index contributed by atoms with van der Waals surface area (Å²) in [5, 5.41) is 14.0. The lowest BCUT2D eigenvalue weighted by Gasteiger charge is -2.33. The first kappa shape index (κ1) is 19.9. The maximum Gasteiger partial charge on any atom is 0.433 e. The van der Waals surface area contributed by atoms with Crippen LogP contribution in [0.4, 0.5) is 5.88 Å². The normalized spacial score (nSPS) is 16.4. The van der Waals surface area contributed by atoms with E-state index in [2.05, 4.69) is 16.8 Å². The van der Waals surface area contributed by atoms with Crippen LogP contribution in [0.3, 0.4) is 0 Å². The van der Waals surface area contributed by atoms with Crippen LogP contribution in [-0.4, -0.2) is 36.0 Å². The summed E-state index contributed by atoms with van der Waals surface area (Å²) in [5.74, 6) is 0.490. The number of nitrogens with one attached hydrogen (secondary N) is 1. The summed E-state index contributed by atoms with van der Waals surface area (Å²) in [4.78, 5) is 12.5. The van der Waals surface area contributed by atoms with Crippen LogP contribution in [0, 0.1) is 10.1 Å². The van der Waals surface area contributed by atoms with E-state index in [4.69, 9.17) is 4.42 Å². The van der Waals surface area contributed by atoms with Crippen molar-refractivity contribution in [3.63, 3.8) is 0 Å². The Hall–Kier alpha value is -1.08. The van der Waals surface area contributed by atoms with E-state index in [0.717, 1.165) is 39.0 Å². The van der Waals surface area contributed by atoms with Gasteiger partial charge in [0, 0.05) is 26.2 Å². The standard InChI is InChI=1S/C13H19N3O3.2ClH/c1-2-3-4-11(15-9-7-14-8-10-15)12-5-6-13(19-12)16(17)18;;/h2,5-6,11,14H,1,3-4,7-10H2;2*1H/t11-;;/m0../s1. The summed E-state index contributed by atoms with van der Waals surface area (Å²) >= 11 is 0. The molecule has 0 spiro atoms. The van der Waals surface area contributed by atoms with Crippen molar-refractivity contribution in [3.8, 4) is 0 Å². The summed E-state index contributed by atoms with van der Waals surface area (Å²) < 4.78 is 5.36. The molecule has 0 aliphatic carbocycles. The molecule has 0 saturated carbocycles. The SMILES string of the molecule is C=CCC[C@@H](c1ccc([N+](=O)[O-])o1)N1CCNCC1.Cl.Cl. The summed E-state index contributed by atoms with van der Waals surface area (Å²) in [6, 6.07) is 3.24. The number of hydrogen-bond acceptors (Lipinski definition) is 5. The Balaban J connectivity index is 0.00000200. The molecule has 1 aliphatic heterocycles. The highest BCUT2D eigenvalue weighted by molar-refractivity contribution is 5.85. The van der Waals surface area contributed by atoms with Gasteiger partial charge in [-0.25, -0.2) is 0 Å². The summed E-state index contributed by atoms with van der Waals surface area (Å²) in [7, 11) is 0. The first-order valence-corrected chi connectivity index (χ1v) is 6.52. The highest BCUT2D eigenvalue weighted by Crippen LogP contribution is 2.30. The van der Waals surface area contributed by atoms with Gasteiger partial charge < -0.3 is 9.73 Å². The van der Waals surface area contributed by atoms with E-state index < -0.39 is 4.92 Å². The van der Waals surface area contributed by atoms with E-state index >= 15 is 0 Å². The molecular weight excluding hydrogens is 317 g/mol. The molecule has 0 bridgehead atoms. The summed E-state index contributed by atoms with van der Waals surface area (Å²) in [6.07, 6.45) is 3.60. The molecule has 2 rings (SSSR count). The molecule has 2 heterocycles. The van der Waals surface area contributed by atoms with Gasteiger partial charge in [0.25, 0.3) is 0 Å². The quantitative estimate of drug-likeness (QED) is 0.491. The van der Waals surface area contributed by atoms with Gasteiger partial charge in [-0.1, -0.05) is 6.08 Å². The zero-order valence-electron chi connectivity index (χ0n) is 11.7. The van der Waals surface area contributed by atoms with E-state index in [9.17, 15) is 10.1 Å². The Morgan fingerprint density at radius 3 is 2.62 bits per heavy atom. The lowest BCUT2D eigenvalue weighted by molar-refractivity contribution is -0.402. The van der Waals surface area contributed by atoms with E-state index in [1.165, 1.54) is 6.07 Å². The molecule has 0 radical (unpaired) electrons. The van der Waals surface area contributed by atoms with Crippen molar-refractivity contribution in [2.45, 2.75) is 18.9 Å². The Labute approximate surface area is 136 Å². The fourth-order valence-electron chi connectivity index (χ4n) is 2.39. The van der Waals surface area contributed by atoms with Gasteiger partial charge in [-0.15, -0.1) is 31.4 Å². The lowest BCUT2D eigenvalue weighted by Crippen LogP contribution is -2.45. The topological polar surface area (TPSA) is 71.5 Å². The molecule has 21 heavy (non-hydrogen) atoms. The molecule has 1 saturated heterocycles. The molecular formula is C13H21Cl2N3O3. The third-order valence-electron chi connectivity index (χ3n) is 3.36. The molecule has 1 aromatic rings. The Bertz CT molecular complexity index is 448. The van der Waals surface area contributed by atoms with Crippen LogP contribution in [-0.2, 0) is 0 Å². The van der Waals surface area contributed by atoms with Crippen molar-refractivity contribution in [2.24, 2.45) is 0 Å². The molecule has 8 heteroatoms. The van der Waals surface area contributed by atoms with E-state index in [-0.39, 0.29) is 36.7 Å². The van der Waals surface area contributed by atoms with Crippen molar-refractivity contribution in [2.75, 3.05) is 26.2 Å². The van der Waals surface area contributed by atoms with Gasteiger partial charge in [-0.3, -0.25) is 15.0 Å². The minimum Gasteiger partial charge on any atom is -0.404 e. The van der Waals surface area contributed by atoms with Crippen LogP contribution in [0.25, 0.3) is 0 Å². The van der Waals surface area contributed by atoms with Crippen molar-refractivity contribution in [1.82, 2.24) is 10.2 Å². The zero-order valence-corrected chi connectivity index (χ0v) is 13.3. The third-order valence-corrected chi connectivity index (χ3v) is 3.36. The van der Waals surface area contributed by atoms with Crippen LogP contribution < -0.4 is 5.32 Å². The predicted molar refractivity (Wildman–Crippen MR) is 86.5 cm³/mol. The van der Waals surface area contributed by atoms with Crippen LogP contribution in [0.2, 0.25) is 0 Å². The summed E-state index contributed by atoms with van der Waals surface area (Å²) in [6.45, 7) is 7.46. The van der Waals surface area contributed by atoms with Crippen molar-refractivity contribution < 1.29 is 9.34 Å². The average molecular weight is 338 g/mol. The van der Waals surface area contributed by atoms with E-state index in [0.29, 0.717) is 5.76 Å². The molecule has 1 aliphatic rings. The number of allylic oxidation sites excluding steroid dienone is 1. The minimum atomic E-state index is -0.494. The maximum absolute atomic E-state index is 10.7. The first-order valence-electron chi connectivity index (χ1n) is 6.52. The van der Waals surface area contributed by atoms with Crippen LogP contribution in [0.1, 0.15) is 24.6 Å². The van der Waals surface area contributed by atoms with Gasteiger partial charge in [0.05, 0.1) is 12.1 Å². The molecule has 1 atom stereocenters. The number of piperazine rings is 1. The Kier molecular flexibility index (Phi) is 9.28. The number of halogens is 2. The molecule has 1 N–H and O–H groups in total. The van der Waals surface area contributed by atoms with Gasteiger partial charge in [0.15, 0.2) is 0 Å². The number of nitro groups is 1. The van der Waals surface area contributed by atoms with Crippen LogP contribution in [0.5, 0.6) is 0 Å². The second kappa shape index (κ2) is 9.78. The average Bonchev–Trinajstić information content (AvgIpc) is 2.90. The molecule has 0 unspecified atom stereocenters. The second-order valence-corrected chi connectivity index (χ2v) is 4.60. The van der Waals surface area contributed by atoms with Crippen LogP contribution in [0.15, 0.2) is 29.2 Å². The number of hydrogen-bond donors (Lipinski definition) is 1. The Morgan fingerprint density at radius 2 is 2.10 bits per heavy atom. The summed E-state index contributed by atoms with van der Waals surface area (Å²) in [5.41, 5.74) is 0. The van der Waals surface area contributed by atoms with Gasteiger partial charge in [0.2, 0.25) is 0 Å². The number of nitrogens with zero attached hydrogens (tertiary/aromatic N) is 2. The Morgan fingerprint density at radius 1 is 1.43 bits per heavy atom. The van der Waals surface area contributed by atoms with Gasteiger partial charge in [-0.2, -0.15) is 0 Å². The fourth-order valence-corrected chi connectivity index (χ4v) is 2.39. The van der Waals surface area contributed by atoms with Crippen LogP contribution >= 0.6 is 24.8 Å². The number of furan rings is 1. The van der Waals surface area contributed by atoms with Gasteiger partial charge in [-0.05, 0) is 18.9 Å². The highest BCUT2D eigenvalue weighted by atomic mass is 35.5.